The molecule has 0 spiro atoms. The summed E-state index contributed by atoms with van der Waals surface area (Å²) in [6.45, 7) is 5.92. The first-order valence-electron chi connectivity index (χ1n) is 6.59. The van der Waals surface area contributed by atoms with Crippen molar-refractivity contribution in [1.29, 1.82) is 0 Å². The predicted octanol–water partition coefficient (Wildman–Crippen LogP) is 3.25. The molecule has 20 heavy (non-hydrogen) atoms. The van der Waals surface area contributed by atoms with E-state index >= 15 is 0 Å². The van der Waals surface area contributed by atoms with E-state index in [2.05, 4.69) is 13.8 Å². The summed E-state index contributed by atoms with van der Waals surface area (Å²) in [7, 11) is 0. The van der Waals surface area contributed by atoms with E-state index in [1.807, 2.05) is 4.90 Å². The molecule has 1 aliphatic heterocycles. The Balaban J connectivity index is 1.91. The largest absolute Gasteiger partial charge is 0.341 e. The summed E-state index contributed by atoms with van der Waals surface area (Å²) in [6, 6.07) is 1.71. The molecular formula is C13H18N2O3S2. The highest BCUT2D eigenvalue weighted by Crippen LogP contribution is 2.34. The van der Waals surface area contributed by atoms with Crippen molar-refractivity contribution < 1.29 is 9.72 Å². The highest BCUT2D eigenvalue weighted by Gasteiger charge is 2.26. The molecule has 1 aromatic heterocycles. The van der Waals surface area contributed by atoms with Gasteiger partial charge >= 0.3 is 5.00 Å². The number of hydrogen-bond acceptors (Lipinski definition) is 5. The molecule has 1 fully saturated rings. The number of thioether (sulfide) groups is 1. The monoisotopic (exact) mass is 314 g/mol. The van der Waals surface area contributed by atoms with Gasteiger partial charge in [-0.25, -0.2) is 0 Å². The van der Waals surface area contributed by atoms with Crippen LogP contribution in [0.15, 0.2) is 16.3 Å². The van der Waals surface area contributed by atoms with Crippen molar-refractivity contribution in [2.24, 2.45) is 11.8 Å². The summed E-state index contributed by atoms with van der Waals surface area (Å²) in [5.74, 6) is 1.41. The van der Waals surface area contributed by atoms with Gasteiger partial charge in [0, 0.05) is 13.1 Å². The molecule has 0 bridgehead atoms. The highest BCUT2D eigenvalue weighted by molar-refractivity contribution is 8.00. The van der Waals surface area contributed by atoms with Gasteiger partial charge in [-0.15, -0.1) is 11.8 Å². The quantitative estimate of drug-likeness (QED) is 0.486. The van der Waals surface area contributed by atoms with Crippen LogP contribution in [0.1, 0.15) is 20.3 Å². The lowest BCUT2D eigenvalue weighted by atomic mass is 9.92. The third-order valence-electron chi connectivity index (χ3n) is 3.35. The first-order valence-corrected chi connectivity index (χ1v) is 8.46. The predicted molar refractivity (Wildman–Crippen MR) is 81.2 cm³/mol. The van der Waals surface area contributed by atoms with E-state index in [1.54, 1.807) is 11.4 Å². The van der Waals surface area contributed by atoms with Gasteiger partial charge in [0.05, 0.1) is 15.6 Å². The fourth-order valence-corrected chi connectivity index (χ4v) is 4.46. The Kier molecular flexibility index (Phi) is 5.04. The number of thiophene rings is 1. The molecular weight excluding hydrogens is 296 g/mol. The van der Waals surface area contributed by atoms with E-state index in [0.717, 1.165) is 30.8 Å². The van der Waals surface area contributed by atoms with Gasteiger partial charge in [-0.2, -0.15) is 0 Å². The van der Waals surface area contributed by atoms with Gasteiger partial charge in [0.2, 0.25) is 5.91 Å². The molecule has 0 radical (unpaired) electrons. The molecule has 0 aromatic carbocycles. The molecule has 0 saturated carbocycles. The zero-order valence-corrected chi connectivity index (χ0v) is 13.2. The number of carbonyl (C=O) groups excluding carboxylic acids is 1. The van der Waals surface area contributed by atoms with Crippen molar-refractivity contribution in [2.75, 3.05) is 18.8 Å². The van der Waals surface area contributed by atoms with Crippen LogP contribution < -0.4 is 0 Å². The van der Waals surface area contributed by atoms with Crippen LogP contribution in [0, 0.1) is 22.0 Å². The lowest BCUT2D eigenvalue weighted by molar-refractivity contribution is -0.382. The maximum absolute atomic E-state index is 12.2. The molecule has 110 valence electrons. The van der Waals surface area contributed by atoms with E-state index in [9.17, 15) is 14.9 Å². The number of hydrogen-bond donors (Lipinski definition) is 0. The van der Waals surface area contributed by atoms with E-state index in [0.29, 0.717) is 16.7 Å². The van der Waals surface area contributed by atoms with Crippen LogP contribution in [0.25, 0.3) is 0 Å². The van der Waals surface area contributed by atoms with Gasteiger partial charge in [0.1, 0.15) is 0 Å². The Bertz CT molecular complexity index is 494. The fraction of sp³-hybridized carbons (Fsp3) is 0.615. The number of likely N-dealkylation sites (tertiary alicyclic amines) is 1. The second-order valence-corrected chi connectivity index (χ2v) is 7.29. The van der Waals surface area contributed by atoms with Crippen LogP contribution in [0.3, 0.4) is 0 Å². The molecule has 1 aliphatic rings. The molecule has 1 amide bonds. The zero-order valence-electron chi connectivity index (χ0n) is 11.6. The summed E-state index contributed by atoms with van der Waals surface area (Å²) < 4.78 is 0. The Hall–Kier alpha value is -1.08. The minimum atomic E-state index is -0.386. The summed E-state index contributed by atoms with van der Waals surface area (Å²) in [6.07, 6.45) is 1.16. The first-order chi connectivity index (χ1) is 9.47. The molecule has 1 aromatic rings. The smallest absolute Gasteiger partial charge is 0.337 e. The van der Waals surface area contributed by atoms with Crippen LogP contribution in [0.5, 0.6) is 0 Å². The number of carbonyl (C=O) groups is 1. The van der Waals surface area contributed by atoms with Gasteiger partial charge in [-0.1, -0.05) is 25.2 Å². The number of rotatable bonds is 4. The van der Waals surface area contributed by atoms with Crippen molar-refractivity contribution >= 4 is 34.0 Å². The topological polar surface area (TPSA) is 63.5 Å². The summed E-state index contributed by atoms with van der Waals surface area (Å²) in [4.78, 5) is 25.1. The summed E-state index contributed by atoms with van der Waals surface area (Å²) in [5, 5.41) is 12.6. The Morgan fingerprint density at radius 3 is 2.75 bits per heavy atom. The van der Waals surface area contributed by atoms with E-state index in [-0.39, 0.29) is 21.6 Å². The van der Waals surface area contributed by atoms with E-state index in [4.69, 9.17) is 0 Å². The SMILES string of the molecule is C[C@H]1C[C@H](C)CN(C(=O)CSc2ccsc2[N+](=O)[O-])C1. The van der Waals surface area contributed by atoms with Crippen molar-refractivity contribution in [3.63, 3.8) is 0 Å². The van der Waals surface area contributed by atoms with Crippen LogP contribution in [0.2, 0.25) is 0 Å². The van der Waals surface area contributed by atoms with Crippen LogP contribution in [0.4, 0.5) is 5.00 Å². The van der Waals surface area contributed by atoms with Crippen LogP contribution in [-0.4, -0.2) is 34.6 Å². The number of nitro groups is 1. The maximum Gasteiger partial charge on any atom is 0.337 e. The standard InChI is InChI=1S/C13H18N2O3S2/c1-9-5-10(2)7-14(6-9)12(16)8-20-11-3-4-19-13(11)15(17)18/h3-4,9-10H,5-8H2,1-2H3/t9-,10-/m0/s1. The number of amides is 1. The first kappa shape index (κ1) is 15.3. The van der Waals surface area contributed by atoms with Gasteiger partial charge in [0.15, 0.2) is 0 Å². The van der Waals surface area contributed by atoms with E-state index < -0.39 is 0 Å². The molecule has 2 rings (SSSR count). The zero-order chi connectivity index (χ0) is 14.7. The minimum absolute atomic E-state index is 0.0777. The lowest BCUT2D eigenvalue weighted by Crippen LogP contribution is -2.43. The number of nitrogens with zero attached hydrogens (tertiary/aromatic N) is 2. The maximum atomic E-state index is 12.2. The van der Waals surface area contributed by atoms with Gasteiger partial charge in [-0.3, -0.25) is 14.9 Å². The van der Waals surface area contributed by atoms with Crippen molar-refractivity contribution in [3.8, 4) is 0 Å². The third kappa shape index (κ3) is 3.73. The lowest BCUT2D eigenvalue weighted by Gasteiger charge is -2.34. The fourth-order valence-electron chi connectivity index (χ4n) is 2.63. The minimum Gasteiger partial charge on any atom is -0.341 e. The average molecular weight is 314 g/mol. The Morgan fingerprint density at radius 2 is 2.15 bits per heavy atom. The molecule has 0 aliphatic carbocycles. The van der Waals surface area contributed by atoms with Gasteiger partial charge in [0.25, 0.3) is 0 Å². The molecule has 2 atom stereocenters. The third-order valence-corrected chi connectivity index (χ3v) is 5.37. The summed E-state index contributed by atoms with van der Waals surface area (Å²) in [5.41, 5.74) is 0. The van der Waals surface area contributed by atoms with Crippen molar-refractivity contribution in [2.45, 2.75) is 25.2 Å². The highest BCUT2D eigenvalue weighted by atomic mass is 32.2. The second kappa shape index (κ2) is 6.58. The Labute approximate surface area is 126 Å². The molecule has 1 saturated heterocycles. The van der Waals surface area contributed by atoms with Crippen molar-refractivity contribution in [3.05, 3.63) is 21.6 Å². The van der Waals surface area contributed by atoms with Gasteiger partial charge < -0.3 is 4.90 Å². The van der Waals surface area contributed by atoms with Crippen molar-refractivity contribution in [1.82, 2.24) is 4.90 Å². The molecule has 2 heterocycles. The van der Waals surface area contributed by atoms with Gasteiger partial charge in [-0.05, 0) is 29.7 Å². The van der Waals surface area contributed by atoms with Crippen LogP contribution >= 0.6 is 23.1 Å². The second-order valence-electron chi connectivity index (χ2n) is 5.38. The normalized spacial score (nSPS) is 22.8. The molecule has 7 heteroatoms. The molecule has 0 N–H and O–H groups in total. The summed E-state index contributed by atoms with van der Waals surface area (Å²) >= 11 is 2.36. The molecule has 0 unspecified atom stereocenters. The molecule has 5 nitrogen and oxygen atoms in total. The van der Waals surface area contributed by atoms with E-state index in [1.165, 1.54) is 11.8 Å². The number of piperidine rings is 1. The average Bonchev–Trinajstić information content (AvgIpc) is 2.83. The Morgan fingerprint density at radius 1 is 1.50 bits per heavy atom. The van der Waals surface area contributed by atoms with Crippen LogP contribution in [-0.2, 0) is 4.79 Å².